The van der Waals surface area contributed by atoms with E-state index in [2.05, 4.69) is 25.7 Å². The number of hydrogen-bond acceptors (Lipinski definition) is 3. The topological polar surface area (TPSA) is 43.4 Å². The third kappa shape index (κ3) is 21.1. The number of carbonyl (C=O) groups excluding carboxylic acids is 1. The molecule has 0 saturated heterocycles. The molecule has 3 nitrogen and oxygen atoms in total. The Balaban J connectivity index is 0. The molecule has 0 N–H and O–H groups in total. The zero-order valence-corrected chi connectivity index (χ0v) is 20.5. The molecule has 0 aromatic heterocycles. The van der Waals surface area contributed by atoms with Crippen LogP contribution in [0.1, 0.15) is 136 Å². The summed E-state index contributed by atoms with van der Waals surface area (Å²) in [4.78, 5) is 13.8. The molecule has 168 valence electrons. The van der Waals surface area contributed by atoms with Crippen molar-refractivity contribution in [2.24, 2.45) is 0 Å². The molecule has 0 fully saturated rings. The third-order valence-corrected chi connectivity index (χ3v) is 5.91. The van der Waals surface area contributed by atoms with Crippen molar-refractivity contribution in [3.63, 3.8) is 0 Å². The molecule has 0 rings (SSSR count). The normalized spacial score (nSPS) is 12.1. The maximum atomic E-state index is 11.3. The van der Waals surface area contributed by atoms with Crippen LogP contribution in [0.4, 0.5) is 0 Å². The van der Waals surface area contributed by atoms with E-state index < -0.39 is 5.97 Å². The van der Waals surface area contributed by atoms with Crippen molar-refractivity contribution in [2.45, 2.75) is 142 Å². The van der Waals surface area contributed by atoms with Crippen LogP contribution < -0.4 is 24.0 Å². The monoisotopic (exact) mass is 403 g/mol. The first-order chi connectivity index (χ1) is 13.7. The fourth-order valence-corrected chi connectivity index (χ4v) is 4.07. The van der Waals surface area contributed by atoms with E-state index in [0.29, 0.717) is 0 Å². The maximum absolute atomic E-state index is 11.3. The number of rotatable bonds is 22. The van der Waals surface area contributed by atoms with E-state index >= 15 is 0 Å². The molecular formula is C25H50LiNO2. The Morgan fingerprint density at radius 1 is 0.655 bits per heavy atom. The predicted molar refractivity (Wildman–Crippen MR) is 120 cm³/mol. The molecule has 0 aromatic rings. The van der Waals surface area contributed by atoms with E-state index in [9.17, 15) is 9.90 Å². The van der Waals surface area contributed by atoms with Crippen LogP contribution in [0, 0.1) is 0 Å². The summed E-state index contributed by atoms with van der Waals surface area (Å²) in [6, 6.07) is 0.171. The van der Waals surface area contributed by atoms with Gasteiger partial charge >= 0.3 is 18.9 Å². The van der Waals surface area contributed by atoms with Gasteiger partial charge in [-0.2, -0.15) is 0 Å². The largest absolute Gasteiger partial charge is 1.00 e. The van der Waals surface area contributed by atoms with Crippen LogP contribution in [0.15, 0.2) is 0 Å². The first-order valence-corrected chi connectivity index (χ1v) is 12.6. The number of hydrogen-bond donors (Lipinski definition) is 0. The van der Waals surface area contributed by atoms with Crippen LogP contribution >= 0.6 is 0 Å². The summed E-state index contributed by atoms with van der Waals surface area (Å²) in [5.41, 5.74) is 0. The average Bonchev–Trinajstić information content (AvgIpc) is 2.68. The van der Waals surface area contributed by atoms with E-state index in [1.54, 1.807) is 0 Å². The third-order valence-electron chi connectivity index (χ3n) is 5.91. The smallest absolute Gasteiger partial charge is 0.550 e. The van der Waals surface area contributed by atoms with Gasteiger partial charge in [0.15, 0.2) is 0 Å². The molecule has 0 heterocycles. The zero-order chi connectivity index (χ0) is 20.9. The van der Waals surface area contributed by atoms with Gasteiger partial charge in [0.1, 0.15) is 0 Å². The summed E-state index contributed by atoms with van der Waals surface area (Å²) in [6.07, 6.45) is 21.8. The van der Waals surface area contributed by atoms with Crippen LogP contribution in [0.2, 0.25) is 0 Å². The van der Waals surface area contributed by atoms with Crippen molar-refractivity contribution in [1.29, 1.82) is 0 Å². The van der Waals surface area contributed by atoms with Gasteiger partial charge < -0.3 is 14.8 Å². The summed E-state index contributed by atoms with van der Waals surface area (Å²) >= 11 is 0. The molecule has 0 amide bonds. The van der Waals surface area contributed by atoms with E-state index in [1.165, 1.54) is 89.9 Å². The Bertz CT molecular complexity index is 321. The van der Waals surface area contributed by atoms with Crippen LogP contribution in [0.25, 0.3) is 0 Å². The van der Waals surface area contributed by atoms with Crippen molar-refractivity contribution in [3.05, 3.63) is 0 Å². The number of unbranched alkanes of at least 4 members (excludes halogenated alkanes) is 13. The molecule has 0 radical (unpaired) electrons. The molecule has 0 aliphatic heterocycles. The maximum Gasteiger partial charge on any atom is 1.00 e. The van der Waals surface area contributed by atoms with Crippen molar-refractivity contribution >= 4 is 5.97 Å². The van der Waals surface area contributed by atoms with Crippen LogP contribution in [-0.2, 0) is 4.79 Å². The minimum atomic E-state index is -0.884. The molecule has 1 unspecified atom stereocenters. The molecule has 1 atom stereocenters. The number of carboxylic acid groups (broad SMARTS) is 1. The van der Waals surface area contributed by atoms with Gasteiger partial charge in [-0.3, -0.25) is 0 Å². The van der Waals surface area contributed by atoms with Crippen molar-refractivity contribution < 1.29 is 28.8 Å². The quantitative estimate of drug-likeness (QED) is 0.205. The Kier molecular flexibility index (Phi) is 26.2. The van der Waals surface area contributed by atoms with Gasteiger partial charge in [-0.1, -0.05) is 111 Å². The van der Waals surface area contributed by atoms with Gasteiger partial charge in [0, 0.05) is 18.4 Å². The number of carboxylic acids is 1. The summed E-state index contributed by atoms with van der Waals surface area (Å²) < 4.78 is 0. The Morgan fingerprint density at radius 2 is 1.03 bits per heavy atom. The van der Waals surface area contributed by atoms with Crippen LogP contribution in [0.5, 0.6) is 0 Å². The fraction of sp³-hybridized carbons (Fsp3) is 0.960. The van der Waals surface area contributed by atoms with Gasteiger partial charge in [0.05, 0.1) is 0 Å². The second-order valence-corrected chi connectivity index (χ2v) is 8.65. The van der Waals surface area contributed by atoms with Gasteiger partial charge in [0.2, 0.25) is 0 Å². The fourth-order valence-electron chi connectivity index (χ4n) is 4.07. The van der Waals surface area contributed by atoms with Crippen molar-refractivity contribution in [2.75, 3.05) is 13.1 Å². The summed E-state index contributed by atoms with van der Waals surface area (Å²) in [5, 5.41) is 11.3. The molecule has 0 aliphatic carbocycles. The predicted octanol–water partition coefficient (Wildman–Crippen LogP) is 3.49. The molecule has 0 spiro atoms. The van der Waals surface area contributed by atoms with Crippen LogP contribution in [0.3, 0.4) is 0 Å². The molecule has 0 bridgehead atoms. The zero-order valence-electron chi connectivity index (χ0n) is 20.5. The SMILES string of the molecule is CCCCCCCCCN(CCCCCCCCC)C(CCCC)CC(=O)[O-].[Li+]. The minimum absolute atomic E-state index is 0. The van der Waals surface area contributed by atoms with Crippen LogP contribution in [-0.4, -0.2) is 30.0 Å². The van der Waals surface area contributed by atoms with Gasteiger partial charge in [-0.25, -0.2) is 0 Å². The first-order valence-electron chi connectivity index (χ1n) is 12.6. The summed E-state index contributed by atoms with van der Waals surface area (Å²) in [6.45, 7) is 8.83. The Labute approximate surface area is 195 Å². The first kappa shape index (κ1) is 31.2. The summed E-state index contributed by atoms with van der Waals surface area (Å²) in [7, 11) is 0. The standard InChI is InChI=1S/C25H51NO2.Li/c1-4-7-10-12-14-16-18-21-26(22-19-17-15-13-11-8-5-2)24(20-9-6-3)23-25(27)28;/h24H,4-23H2,1-3H3,(H,27,28);/q;+1/p-1. The molecule has 0 aromatic carbocycles. The number of carbonyl (C=O) groups is 1. The average molecular weight is 404 g/mol. The second-order valence-electron chi connectivity index (χ2n) is 8.65. The van der Waals surface area contributed by atoms with Crippen molar-refractivity contribution in [3.8, 4) is 0 Å². The van der Waals surface area contributed by atoms with E-state index in [0.717, 1.165) is 32.4 Å². The van der Waals surface area contributed by atoms with E-state index in [4.69, 9.17) is 0 Å². The van der Waals surface area contributed by atoms with Gasteiger partial charge in [-0.05, 0) is 32.4 Å². The summed E-state index contributed by atoms with van der Waals surface area (Å²) in [5.74, 6) is -0.884. The Hall–Kier alpha value is 0.0274. The minimum Gasteiger partial charge on any atom is -0.550 e. The number of aliphatic carboxylic acids is 1. The van der Waals surface area contributed by atoms with E-state index in [1.807, 2.05) is 0 Å². The molecular weight excluding hydrogens is 353 g/mol. The molecule has 0 saturated carbocycles. The van der Waals surface area contributed by atoms with Gasteiger partial charge in [0.25, 0.3) is 0 Å². The molecule has 0 aliphatic rings. The second kappa shape index (κ2) is 24.3. The van der Waals surface area contributed by atoms with Crippen molar-refractivity contribution in [1.82, 2.24) is 4.90 Å². The Morgan fingerprint density at radius 3 is 1.41 bits per heavy atom. The number of nitrogens with zero attached hydrogens (tertiary/aromatic N) is 1. The molecule has 29 heavy (non-hydrogen) atoms. The van der Waals surface area contributed by atoms with Gasteiger partial charge in [-0.15, -0.1) is 0 Å². The van der Waals surface area contributed by atoms with E-state index in [-0.39, 0.29) is 31.3 Å². The molecule has 4 heteroatoms.